The maximum absolute atomic E-state index is 13.2. The van der Waals surface area contributed by atoms with Crippen LogP contribution in [-0.4, -0.2) is 10.8 Å². The molecule has 6 nitrogen and oxygen atoms in total. The Labute approximate surface area is 176 Å². The largest absolute Gasteiger partial charge is 0.417 e. The lowest BCUT2D eigenvalue weighted by Gasteiger charge is -2.13. The van der Waals surface area contributed by atoms with Gasteiger partial charge in [0.2, 0.25) is 0 Å². The van der Waals surface area contributed by atoms with Crippen LogP contribution in [0.2, 0.25) is 5.02 Å². The van der Waals surface area contributed by atoms with Gasteiger partial charge in [0.25, 0.3) is 0 Å². The van der Waals surface area contributed by atoms with Gasteiger partial charge >= 0.3 is 6.18 Å². The highest BCUT2D eigenvalue weighted by Crippen LogP contribution is 2.38. The zero-order valence-electron chi connectivity index (χ0n) is 15.0. The van der Waals surface area contributed by atoms with Crippen LogP contribution in [-0.2, 0) is 6.18 Å². The monoisotopic (exact) mass is 448 g/mol. The summed E-state index contributed by atoms with van der Waals surface area (Å²) >= 11 is 7.19. The number of hydrogen-bond donors (Lipinski definition) is 3. The minimum absolute atomic E-state index is 0.0574. The molecule has 0 amide bonds. The number of thiophene rings is 1. The van der Waals surface area contributed by atoms with E-state index in [1.165, 1.54) is 23.5 Å². The lowest BCUT2D eigenvalue weighted by atomic mass is 10.1. The molecular weight excluding hydrogens is 437 g/mol. The molecule has 0 atom stereocenters. The van der Waals surface area contributed by atoms with Crippen LogP contribution < -0.4 is 11.1 Å². The second-order valence-corrected chi connectivity index (χ2v) is 7.58. The number of halogens is 4. The Morgan fingerprint density at radius 3 is 2.67 bits per heavy atom. The molecule has 0 aliphatic carbocycles. The van der Waals surface area contributed by atoms with Crippen LogP contribution in [0.1, 0.15) is 11.1 Å². The van der Waals surface area contributed by atoms with E-state index in [1.54, 1.807) is 12.1 Å². The molecule has 4 aromatic rings. The van der Waals surface area contributed by atoms with Gasteiger partial charge in [-0.15, -0.1) is 16.4 Å². The Morgan fingerprint density at radius 1 is 1.13 bits per heavy atom. The number of nitrogens with two attached hydrogens (primary N) is 1. The highest BCUT2D eigenvalue weighted by atomic mass is 35.5. The van der Waals surface area contributed by atoms with Crippen molar-refractivity contribution in [1.82, 2.24) is 4.98 Å². The van der Waals surface area contributed by atoms with Crippen LogP contribution in [0.3, 0.4) is 0 Å². The second-order valence-electron chi connectivity index (χ2n) is 6.26. The second kappa shape index (κ2) is 7.54. The predicted molar refractivity (Wildman–Crippen MR) is 113 cm³/mol. The van der Waals surface area contributed by atoms with Gasteiger partial charge in [0.05, 0.1) is 16.1 Å². The van der Waals surface area contributed by atoms with Crippen LogP contribution in [0, 0.1) is 5.53 Å². The number of rotatable bonds is 4. The number of hydrogen-bond acceptors (Lipinski definition) is 5. The summed E-state index contributed by atoms with van der Waals surface area (Å²) in [4.78, 5) is 4.58. The number of aromatic nitrogens is 1. The van der Waals surface area contributed by atoms with Crippen molar-refractivity contribution in [3.8, 4) is 0 Å². The Hall–Kier alpha value is -3.24. The number of benzene rings is 2. The lowest BCUT2D eigenvalue weighted by Crippen LogP contribution is -2.12. The smallest absolute Gasteiger partial charge is 0.382 e. The van der Waals surface area contributed by atoms with E-state index in [4.69, 9.17) is 22.9 Å². The molecule has 2 heterocycles. The van der Waals surface area contributed by atoms with Crippen molar-refractivity contribution in [2.45, 2.75) is 6.18 Å². The molecule has 0 aliphatic rings. The molecule has 0 saturated carbocycles. The fraction of sp³-hybridized carbons (Fsp3) is 0.0526. The molecular formula is C19H12ClF3N6S. The molecule has 0 spiro atoms. The quantitative estimate of drug-likeness (QED) is 0.143. The van der Waals surface area contributed by atoms with Crippen LogP contribution in [0.4, 0.5) is 24.7 Å². The summed E-state index contributed by atoms with van der Waals surface area (Å²) in [5.41, 5.74) is 13.0. The Bertz CT molecular complexity index is 1320. The topological polar surface area (TPSA) is 99.5 Å². The molecule has 4 N–H and O–H groups in total. The summed E-state index contributed by atoms with van der Waals surface area (Å²) in [6.45, 7) is 0. The molecule has 152 valence electrons. The van der Waals surface area contributed by atoms with Crippen molar-refractivity contribution < 1.29 is 13.2 Å². The molecule has 0 bridgehead atoms. The number of nitrogens with one attached hydrogen (secondary N) is 2. The van der Waals surface area contributed by atoms with Gasteiger partial charge in [0.1, 0.15) is 5.82 Å². The number of pyridine rings is 1. The van der Waals surface area contributed by atoms with E-state index in [9.17, 15) is 13.2 Å². The maximum atomic E-state index is 13.2. The summed E-state index contributed by atoms with van der Waals surface area (Å²) in [5.74, 6) is 0.453. The van der Waals surface area contributed by atoms with E-state index >= 15 is 0 Å². The van der Waals surface area contributed by atoms with E-state index in [2.05, 4.69) is 20.6 Å². The van der Waals surface area contributed by atoms with Gasteiger partial charge in [-0.05, 0) is 35.7 Å². The number of amidine groups is 1. The first-order valence-electron chi connectivity index (χ1n) is 8.43. The van der Waals surface area contributed by atoms with Crippen molar-refractivity contribution in [3.63, 3.8) is 0 Å². The fourth-order valence-electron chi connectivity index (χ4n) is 3.02. The zero-order valence-corrected chi connectivity index (χ0v) is 16.5. The van der Waals surface area contributed by atoms with Crippen molar-refractivity contribution in [1.29, 1.82) is 5.53 Å². The van der Waals surface area contributed by atoms with Crippen LogP contribution in [0.25, 0.3) is 21.0 Å². The molecule has 0 saturated heterocycles. The number of fused-ring (bicyclic) bond motifs is 3. The average molecular weight is 449 g/mol. The molecule has 0 aliphatic heterocycles. The standard InChI is InChI=1S/C19H12ClF3N6S/c20-14-4-2-10(8-13(14)19(21,22)23)26-18-12-5-6-30-16(12)11-3-1-9(7-15(11)27-18)17(24)28-29-25/h1-8H,(H,26,27)(H3,24,25,28). The molecule has 4 rings (SSSR count). The van der Waals surface area contributed by atoms with Gasteiger partial charge in [-0.2, -0.15) is 18.7 Å². The maximum Gasteiger partial charge on any atom is 0.417 e. The molecule has 2 aromatic carbocycles. The van der Waals surface area contributed by atoms with Crippen LogP contribution in [0.5, 0.6) is 0 Å². The predicted octanol–water partition coefficient (Wildman–Crippen LogP) is 6.52. The van der Waals surface area contributed by atoms with E-state index < -0.39 is 11.7 Å². The van der Waals surface area contributed by atoms with E-state index in [0.717, 1.165) is 21.5 Å². The van der Waals surface area contributed by atoms with Crippen molar-refractivity contribution in [2.24, 2.45) is 16.1 Å². The summed E-state index contributed by atoms with van der Waals surface area (Å²) in [6, 6.07) is 10.7. The summed E-state index contributed by atoms with van der Waals surface area (Å²) in [6.07, 6.45) is -4.57. The summed E-state index contributed by atoms with van der Waals surface area (Å²) in [5, 5.41) is 12.5. The lowest BCUT2D eigenvalue weighted by molar-refractivity contribution is -0.137. The summed E-state index contributed by atoms with van der Waals surface area (Å²) in [7, 11) is 0. The van der Waals surface area contributed by atoms with Crippen LogP contribution >= 0.6 is 22.9 Å². The van der Waals surface area contributed by atoms with Gasteiger partial charge in [0, 0.05) is 26.7 Å². The van der Waals surface area contributed by atoms with E-state index in [0.29, 0.717) is 16.9 Å². The van der Waals surface area contributed by atoms with Gasteiger partial charge in [-0.25, -0.2) is 4.98 Å². The first-order valence-corrected chi connectivity index (χ1v) is 9.68. The molecule has 0 unspecified atom stereocenters. The van der Waals surface area contributed by atoms with E-state index in [-0.39, 0.29) is 16.5 Å². The van der Waals surface area contributed by atoms with Gasteiger partial charge in [-0.3, -0.25) is 0 Å². The van der Waals surface area contributed by atoms with E-state index in [1.807, 2.05) is 17.5 Å². The minimum Gasteiger partial charge on any atom is -0.382 e. The Balaban J connectivity index is 1.85. The van der Waals surface area contributed by atoms with Crippen molar-refractivity contribution >= 4 is 61.3 Å². The van der Waals surface area contributed by atoms with Gasteiger partial charge < -0.3 is 11.1 Å². The highest BCUT2D eigenvalue weighted by molar-refractivity contribution is 7.18. The first-order chi connectivity index (χ1) is 14.3. The Morgan fingerprint density at radius 2 is 1.93 bits per heavy atom. The SMILES string of the molecule is N=N/N=C(\N)c1ccc2c(c1)nc(Nc1ccc(Cl)c(C(F)(F)F)c1)c1ccsc12. The van der Waals surface area contributed by atoms with Gasteiger partial charge in [0.15, 0.2) is 5.84 Å². The number of anilines is 2. The fourth-order valence-corrected chi connectivity index (χ4v) is 4.18. The zero-order chi connectivity index (χ0) is 21.5. The molecule has 30 heavy (non-hydrogen) atoms. The molecule has 11 heteroatoms. The van der Waals surface area contributed by atoms with Crippen molar-refractivity contribution in [3.05, 3.63) is 64.0 Å². The van der Waals surface area contributed by atoms with Crippen molar-refractivity contribution in [2.75, 3.05) is 5.32 Å². The number of nitrogens with zero attached hydrogens (tertiary/aromatic N) is 3. The molecule has 0 radical (unpaired) electrons. The normalized spacial score (nSPS) is 12.5. The van der Waals surface area contributed by atoms with Gasteiger partial charge in [-0.1, -0.05) is 29.0 Å². The third kappa shape index (κ3) is 3.66. The van der Waals surface area contributed by atoms with Crippen LogP contribution in [0.15, 0.2) is 58.2 Å². The highest BCUT2D eigenvalue weighted by Gasteiger charge is 2.33. The first kappa shape index (κ1) is 20.0. The third-order valence-corrected chi connectivity index (χ3v) is 5.66. The molecule has 0 fully saturated rings. The Kier molecular flexibility index (Phi) is 5.04. The molecule has 2 aromatic heterocycles. The average Bonchev–Trinajstić information content (AvgIpc) is 3.19. The number of alkyl halides is 3. The summed E-state index contributed by atoms with van der Waals surface area (Å²) < 4.78 is 40.5. The third-order valence-electron chi connectivity index (χ3n) is 4.38. The minimum atomic E-state index is -4.57.